The first-order valence-electron chi connectivity index (χ1n) is 4.93. The molecule has 1 heteroatoms. The van der Waals surface area contributed by atoms with Gasteiger partial charge in [0.05, 0.1) is 0 Å². The van der Waals surface area contributed by atoms with Gasteiger partial charge in [-0.2, -0.15) is 0 Å². The molecular formula is C13H15N. The van der Waals surface area contributed by atoms with Gasteiger partial charge in [-0.05, 0) is 42.7 Å². The summed E-state index contributed by atoms with van der Waals surface area (Å²) in [6.45, 7) is 5.32. The molecular weight excluding hydrogens is 170 g/mol. The van der Waals surface area contributed by atoms with Crippen molar-refractivity contribution in [1.82, 2.24) is 4.57 Å². The molecule has 0 N–H and O–H groups in total. The van der Waals surface area contributed by atoms with E-state index >= 15 is 0 Å². The van der Waals surface area contributed by atoms with Crippen molar-refractivity contribution in [1.29, 1.82) is 0 Å². The first-order chi connectivity index (χ1) is 6.77. The van der Waals surface area contributed by atoms with Gasteiger partial charge >= 0.3 is 0 Å². The van der Waals surface area contributed by atoms with Crippen LogP contribution < -0.4 is 0 Å². The predicted molar refractivity (Wildman–Crippen MR) is 59.5 cm³/mol. The van der Waals surface area contributed by atoms with Crippen LogP contribution in [0.1, 0.15) is 16.7 Å². The topological polar surface area (TPSA) is 4.93 Å². The van der Waals surface area contributed by atoms with E-state index in [-0.39, 0.29) is 0 Å². The van der Waals surface area contributed by atoms with Crippen molar-refractivity contribution >= 4 is 0 Å². The number of benzene rings is 1. The Kier molecular flexibility index (Phi) is 2.40. The summed E-state index contributed by atoms with van der Waals surface area (Å²) in [6, 6.07) is 10.6. The van der Waals surface area contributed by atoms with Gasteiger partial charge in [-0.3, -0.25) is 0 Å². The maximum Gasteiger partial charge on any atom is 0.0475 e. The first kappa shape index (κ1) is 9.07. The van der Waals surface area contributed by atoms with Crippen molar-refractivity contribution < 1.29 is 0 Å². The highest BCUT2D eigenvalue weighted by Gasteiger charge is 2.01. The zero-order valence-corrected chi connectivity index (χ0v) is 8.70. The molecule has 1 aromatic heterocycles. The molecule has 0 fully saturated rings. The quantitative estimate of drug-likeness (QED) is 0.677. The van der Waals surface area contributed by atoms with Crippen molar-refractivity contribution in [2.45, 2.75) is 20.4 Å². The third kappa shape index (κ3) is 1.72. The maximum absolute atomic E-state index is 2.20. The van der Waals surface area contributed by atoms with Crippen LogP contribution in [-0.4, -0.2) is 4.57 Å². The Balaban J connectivity index is 2.33. The largest absolute Gasteiger partial charge is 0.350 e. The van der Waals surface area contributed by atoms with Crippen LogP contribution in [0.4, 0.5) is 0 Å². The number of aryl methyl sites for hydroxylation is 2. The van der Waals surface area contributed by atoms with E-state index < -0.39 is 0 Å². The Morgan fingerprint density at radius 2 is 1.50 bits per heavy atom. The van der Waals surface area contributed by atoms with Crippen LogP contribution in [0.3, 0.4) is 0 Å². The average Bonchev–Trinajstić information content (AvgIpc) is 2.64. The van der Waals surface area contributed by atoms with E-state index in [0.29, 0.717) is 0 Å². The summed E-state index contributed by atoms with van der Waals surface area (Å²) >= 11 is 0. The molecule has 72 valence electrons. The van der Waals surface area contributed by atoms with Crippen LogP contribution in [0.2, 0.25) is 0 Å². The molecule has 0 unspecified atom stereocenters. The molecule has 0 saturated carbocycles. The minimum Gasteiger partial charge on any atom is -0.350 e. The number of hydrogen-bond acceptors (Lipinski definition) is 0. The normalized spacial score (nSPS) is 10.4. The van der Waals surface area contributed by atoms with Crippen molar-refractivity contribution in [3.63, 3.8) is 0 Å². The third-order valence-corrected chi connectivity index (χ3v) is 2.65. The lowest BCUT2D eigenvalue weighted by atomic mass is 10.0. The van der Waals surface area contributed by atoms with Crippen LogP contribution in [0.15, 0.2) is 42.7 Å². The molecule has 14 heavy (non-hydrogen) atoms. The zero-order chi connectivity index (χ0) is 9.97. The number of aromatic nitrogens is 1. The van der Waals surface area contributed by atoms with Crippen LogP contribution in [0.5, 0.6) is 0 Å². The fourth-order valence-electron chi connectivity index (χ4n) is 1.76. The summed E-state index contributed by atoms with van der Waals surface area (Å²) in [5.41, 5.74) is 4.18. The van der Waals surface area contributed by atoms with E-state index in [2.05, 4.69) is 61.1 Å². The second-order valence-corrected chi connectivity index (χ2v) is 3.73. The Hall–Kier alpha value is -1.50. The molecule has 0 radical (unpaired) electrons. The van der Waals surface area contributed by atoms with Gasteiger partial charge in [0.25, 0.3) is 0 Å². The summed E-state index contributed by atoms with van der Waals surface area (Å²) in [5.74, 6) is 0. The SMILES string of the molecule is Cc1cccc(C)c1Cn1cccc1. The summed E-state index contributed by atoms with van der Waals surface area (Å²) in [4.78, 5) is 0. The minimum atomic E-state index is 0.978. The Labute approximate surface area is 85.0 Å². The van der Waals surface area contributed by atoms with E-state index in [1.54, 1.807) is 0 Å². The lowest BCUT2D eigenvalue weighted by Gasteiger charge is -2.10. The van der Waals surface area contributed by atoms with Crippen molar-refractivity contribution in [3.05, 3.63) is 59.4 Å². The molecule has 0 amide bonds. The Morgan fingerprint density at radius 3 is 2.07 bits per heavy atom. The molecule has 1 heterocycles. The van der Waals surface area contributed by atoms with Crippen LogP contribution in [0.25, 0.3) is 0 Å². The second-order valence-electron chi connectivity index (χ2n) is 3.73. The average molecular weight is 185 g/mol. The number of nitrogens with zero attached hydrogens (tertiary/aromatic N) is 1. The fourth-order valence-corrected chi connectivity index (χ4v) is 1.76. The van der Waals surface area contributed by atoms with Gasteiger partial charge in [0.15, 0.2) is 0 Å². The van der Waals surface area contributed by atoms with Crippen LogP contribution in [-0.2, 0) is 6.54 Å². The van der Waals surface area contributed by atoms with E-state index in [1.807, 2.05) is 0 Å². The standard InChI is InChI=1S/C13H15N/c1-11-6-5-7-12(2)13(11)10-14-8-3-4-9-14/h3-9H,10H2,1-2H3. The van der Waals surface area contributed by atoms with Gasteiger partial charge in [-0.1, -0.05) is 18.2 Å². The lowest BCUT2D eigenvalue weighted by molar-refractivity contribution is 0.795. The summed E-state index contributed by atoms with van der Waals surface area (Å²) in [7, 11) is 0. The third-order valence-electron chi connectivity index (χ3n) is 2.65. The molecule has 2 rings (SSSR count). The van der Waals surface area contributed by atoms with Crippen molar-refractivity contribution in [2.75, 3.05) is 0 Å². The van der Waals surface area contributed by atoms with Gasteiger partial charge in [0.2, 0.25) is 0 Å². The van der Waals surface area contributed by atoms with Crippen LogP contribution >= 0.6 is 0 Å². The monoisotopic (exact) mass is 185 g/mol. The molecule has 0 bridgehead atoms. The predicted octanol–water partition coefficient (Wildman–Crippen LogP) is 3.15. The maximum atomic E-state index is 2.20. The molecule has 0 aliphatic rings. The van der Waals surface area contributed by atoms with E-state index in [4.69, 9.17) is 0 Å². The van der Waals surface area contributed by atoms with Crippen molar-refractivity contribution in [2.24, 2.45) is 0 Å². The molecule has 0 atom stereocenters. The molecule has 1 nitrogen and oxygen atoms in total. The highest BCUT2D eigenvalue weighted by molar-refractivity contribution is 5.33. The minimum absolute atomic E-state index is 0.978. The summed E-state index contributed by atoms with van der Waals surface area (Å²) in [6.07, 6.45) is 4.21. The van der Waals surface area contributed by atoms with Crippen LogP contribution in [0, 0.1) is 13.8 Å². The molecule has 0 aliphatic carbocycles. The molecule has 0 saturated heterocycles. The van der Waals surface area contributed by atoms with Gasteiger partial charge < -0.3 is 4.57 Å². The highest BCUT2D eigenvalue weighted by atomic mass is 14.9. The van der Waals surface area contributed by atoms with Gasteiger partial charge in [0, 0.05) is 18.9 Å². The molecule has 1 aromatic carbocycles. The molecule has 0 spiro atoms. The molecule has 2 aromatic rings. The van der Waals surface area contributed by atoms with Crippen molar-refractivity contribution in [3.8, 4) is 0 Å². The number of rotatable bonds is 2. The smallest absolute Gasteiger partial charge is 0.0475 e. The highest BCUT2D eigenvalue weighted by Crippen LogP contribution is 2.14. The molecule has 0 aliphatic heterocycles. The zero-order valence-electron chi connectivity index (χ0n) is 8.70. The van der Waals surface area contributed by atoms with Gasteiger partial charge in [0.1, 0.15) is 0 Å². The van der Waals surface area contributed by atoms with Gasteiger partial charge in [-0.25, -0.2) is 0 Å². The van der Waals surface area contributed by atoms with E-state index in [0.717, 1.165) is 6.54 Å². The van der Waals surface area contributed by atoms with E-state index in [9.17, 15) is 0 Å². The summed E-state index contributed by atoms with van der Waals surface area (Å²) < 4.78 is 2.20. The Bertz CT molecular complexity index is 393. The summed E-state index contributed by atoms with van der Waals surface area (Å²) in [5, 5.41) is 0. The van der Waals surface area contributed by atoms with E-state index in [1.165, 1.54) is 16.7 Å². The lowest BCUT2D eigenvalue weighted by Crippen LogP contribution is -2.00. The Morgan fingerprint density at radius 1 is 0.929 bits per heavy atom. The fraction of sp³-hybridized carbons (Fsp3) is 0.231. The second kappa shape index (κ2) is 3.70. The number of hydrogen-bond donors (Lipinski definition) is 0. The first-order valence-corrected chi connectivity index (χ1v) is 4.93. The van der Waals surface area contributed by atoms with Gasteiger partial charge in [-0.15, -0.1) is 0 Å².